The Hall–Kier alpha value is -1.77. The first-order chi connectivity index (χ1) is 14.6. The van der Waals surface area contributed by atoms with Crippen LogP contribution in [0.5, 0.6) is 0 Å². The van der Waals surface area contributed by atoms with E-state index in [0.29, 0.717) is 19.3 Å². The number of fused-ring (bicyclic) bond motifs is 2. The molecule has 2 rings (SSSR count). The van der Waals surface area contributed by atoms with Gasteiger partial charge in [-0.15, -0.1) is 11.3 Å². The maximum absolute atomic E-state index is 12.3. The molecule has 4 atom stereocenters. The van der Waals surface area contributed by atoms with Crippen LogP contribution in [0.1, 0.15) is 63.6 Å². The predicted molar refractivity (Wildman–Crippen MR) is 127 cm³/mol. The van der Waals surface area contributed by atoms with E-state index in [1.54, 1.807) is 6.08 Å². The number of aromatic nitrogens is 1. The molecule has 0 saturated carbocycles. The Balaban J connectivity index is 2.26. The van der Waals surface area contributed by atoms with Crippen LogP contribution in [-0.2, 0) is 25.5 Å². The van der Waals surface area contributed by atoms with Gasteiger partial charge in [-0.25, -0.2) is 9.78 Å². The number of nitrogens with zero attached hydrogens (tertiary/aromatic N) is 1. The Kier molecular flexibility index (Phi) is 10.1. The minimum atomic E-state index is -0.425. The summed E-state index contributed by atoms with van der Waals surface area (Å²) in [5.74, 6) is -0.613. The quantitative estimate of drug-likeness (QED) is 0.537. The van der Waals surface area contributed by atoms with Gasteiger partial charge in [0.05, 0.1) is 17.1 Å². The molecule has 0 radical (unpaired) electrons. The molecule has 0 fully saturated rings. The van der Waals surface area contributed by atoms with Crippen LogP contribution in [0.2, 0.25) is 0 Å². The van der Waals surface area contributed by atoms with E-state index in [2.05, 4.69) is 15.9 Å². The van der Waals surface area contributed by atoms with Crippen molar-refractivity contribution in [1.82, 2.24) is 4.98 Å². The van der Waals surface area contributed by atoms with Crippen LogP contribution in [0, 0.1) is 0 Å². The van der Waals surface area contributed by atoms with Crippen LogP contribution in [0.25, 0.3) is 0 Å². The first-order valence-electron chi connectivity index (χ1n) is 10.4. The van der Waals surface area contributed by atoms with Crippen molar-refractivity contribution in [1.29, 1.82) is 0 Å². The Morgan fingerprint density at radius 1 is 1.26 bits per heavy atom. The molecular formula is C23H31BrN2O4S. The maximum atomic E-state index is 12.3. The van der Waals surface area contributed by atoms with Gasteiger partial charge >= 0.3 is 11.9 Å². The number of esters is 2. The van der Waals surface area contributed by atoms with E-state index in [9.17, 15) is 9.59 Å². The van der Waals surface area contributed by atoms with E-state index in [0.717, 1.165) is 20.8 Å². The van der Waals surface area contributed by atoms with Crippen LogP contribution in [-0.4, -0.2) is 35.2 Å². The molecule has 0 saturated heterocycles. The topological polar surface area (TPSA) is 91.5 Å². The Morgan fingerprint density at radius 2 is 2.00 bits per heavy atom. The van der Waals surface area contributed by atoms with Gasteiger partial charge in [-0.05, 0) is 37.8 Å². The number of thiazole rings is 1. The van der Waals surface area contributed by atoms with Crippen molar-refractivity contribution in [2.45, 2.75) is 77.5 Å². The summed E-state index contributed by atoms with van der Waals surface area (Å²) in [5.41, 5.74) is 8.13. The molecule has 2 unspecified atom stereocenters. The van der Waals surface area contributed by atoms with Gasteiger partial charge in [0.15, 0.2) is 0 Å². The largest absolute Gasteiger partial charge is 0.462 e. The van der Waals surface area contributed by atoms with Crippen LogP contribution in [0.15, 0.2) is 39.7 Å². The summed E-state index contributed by atoms with van der Waals surface area (Å²) in [6, 6.07) is -0.297. The highest BCUT2D eigenvalue weighted by Crippen LogP contribution is 2.25. The van der Waals surface area contributed by atoms with Crippen molar-refractivity contribution in [3.8, 4) is 0 Å². The minimum Gasteiger partial charge on any atom is -0.462 e. The summed E-state index contributed by atoms with van der Waals surface area (Å²) in [7, 11) is 0. The van der Waals surface area contributed by atoms with Crippen LogP contribution < -0.4 is 5.73 Å². The fourth-order valence-corrected chi connectivity index (χ4v) is 4.65. The van der Waals surface area contributed by atoms with E-state index in [1.165, 1.54) is 17.4 Å². The van der Waals surface area contributed by atoms with E-state index < -0.39 is 12.1 Å². The number of allylic oxidation sites excluding steroid dienone is 3. The van der Waals surface area contributed by atoms with Gasteiger partial charge in [0.2, 0.25) is 0 Å². The summed E-state index contributed by atoms with van der Waals surface area (Å²) in [5, 5.41) is 2.88. The average molecular weight is 511 g/mol. The molecule has 0 aliphatic carbocycles. The van der Waals surface area contributed by atoms with E-state index in [4.69, 9.17) is 20.2 Å². The second-order valence-electron chi connectivity index (χ2n) is 8.08. The molecule has 1 aliphatic rings. The van der Waals surface area contributed by atoms with E-state index in [-0.39, 0.29) is 30.5 Å². The average Bonchev–Trinajstić information content (AvgIpc) is 3.08. The van der Waals surface area contributed by atoms with Crippen molar-refractivity contribution >= 4 is 39.2 Å². The molecule has 1 aromatic rings. The highest BCUT2D eigenvalue weighted by atomic mass is 79.9. The number of ether oxygens (including phenoxy) is 2. The maximum Gasteiger partial charge on any atom is 0.331 e. The van der Waals surface area contributed by atoms with Crippen molar-refractivity contribution in [2.75, 3.05) is 0 Å². The number of cyclic esters (lactones) is 2. The predicted octanol–water partition coefficient (Wildman–Crippen LogP) is 4.95. The van der Waals surface area contributed by atoms with Gasteiger partial charge in [-0.2, -0.15) is 0 Å². The fraction of sp³-hybridized carbons (Fsp3) is 0.522. The number of halogens is 1. The molecule has 0 amide bonds. The summed E-state index contributed by atoms with van der Waals surface area (Å²) in [6.45, 7) is 7.72. The Morgan fingerprint density at radius 3 is 2.71 bits per heavy atom. The smallest absolute Gasteiger partial charge is 0.331 e. The minimum absolute atomic E-state index is 0.106. The molecular weight excluding hydrogens is 480 g/mol. The highest BCUT2D eigenvalue weighted by Gasteiger charge is 2.20. The van der Waals surface area contributed by atoms with Crippen molar-refractivity contribution in [2.24, 2.45) is 5.73 Å². The second-order valence-corrected chi connectivity index (χ2v) is 10.3. The van der Waals surface area contributed by atoms with Crippen LogP contribution in [0.3, 0.4) is 0 Å². The molecule has 0 aromatic carbocycles. The molecule has 2 N–H and O–H groups in total. The highest BCUT2D eigenvalue weighted by molar-refractivity contribution is 9.11. The molecule has 1 aromatic heterocycles. The molecule has 6 nitrogen and oxygen atoms in total. The number of carbonyl (C=O) groups excluding carboxylic acids is 2. The lowest BCUT2D eigenvalue weighted by molar-refractivity contribution is -0.148. The molecule has 2 bridgehead atoms. The van der Waals surface area contributed by atoms with E-state index >= 15 is 0 Å². The van der Waals surface area contributed by atoms with Gasteiger partial charge in [-0.3, -0.25) is 4.79 Å². The zero-order valence-electron chi connectivity index (χ0n) is 18.5. The van der Waals surface area contributed by atoms with Gasteiger partial charge < -0.3 is 15.2 Å². The van der Waals surface area contributed by atoms with Gasteiger partial charge in [0.25, 0.3) is 0 Å². The Labute approximate surface area is 196 Å². The van der Waals surface area contributed by atoms with Gasteiger partial charge in [0, 0.05) is 36.3 Å². The number of hydrogen-bond acceptors (Lipinski definition) is 7. The van der Waals surface area contributed by atoms with Crippen molar-refractivity contribution in [3.05, 3.63) is 50.4 Å². The van der Waals surface area contributed by atoms with E-state index in [1.807, 2.05) is 45.2 Å². The molecule has 8 heteroatoms. The first kappa shape index (κ1) is 25.5. The zero-order chi connectivity index (χ0) is 23.0. The second kappa shape index (κ2) is 12.3. The number of nitrogens with two attached hydrogens (primary N) is 1. The monoisotopic (exact) mass is 510 g/mol. The summed E-state index contributed by atoms with van der Waals surface area (Å²) in [6.07, 6.45) is 7.91. The number of hydrogen-bond donors (Lipinski definition) is 1. The number of rotatable bonds is 1. The standard InChI is InChI=1S/C23H31BrN2O4S/c1-14-6-5-7-22(27)30-19(10-16(3)24)12-21-26-20(13-31-21)15(2)9-18(25)11-23(28)29-17(4)8-14/h5-7,10,13,15,17-19H,8-9,11-12,25H2,1-4H3/b7-5-,14-6+,16-10+/t15-,17?,18+,19?/m0/s1. The lowest BCUT2D eigenvalue weighted by Crippen LogP contribution is -2.28. The van der Waals surface area contributed by atoms with Gasteiger partial charge in [-0.1, -0.05) is 40.6 Å². The lowest BCUT2D eigenvalue weighted by Gasteiger charge is -2.18. The molecule has 170 valence electrons. The third-order valence-corrected chi connectivity index (χ3v) is 5.93. The molecule has 2 heterocycles. The molecule has 31 heavy (non-hydrogen) atoms. The zero-order valence-corrected chi connectivity index (χ0v) is 20.9. The SMILES string of the molecule is C/C(Br)=C\C1Cc2nc(cs2)[C@@H](C)C[C@@H](N)CC(=O)OC(C)C/C(C)=C/C=C\C(=O)O1. The Bertz CT molecular complexity index is 858. The summed E-state index contributed by atoms with van der Waals surface area (Å²) < 4.78 is 12.0. The summed E-state index contributed by atoms with van der Waals surface area (Å²) >= 11 is 4.95. The third-order valence-electron chi connectivity index (χ3n) is 4.77. The molecule has 1 aliphatic heterocycles. The fourth-order valence-electron chi connectivity index (χ4n) is 3.40. The summed E-state index contributed by atoms with van der Waals surface area (Å²) in [4.78, 5) is 29.2. The normalized spacial score (nSPS) is 30.1. The van der Waals surface area contributed by atoms with Crippen LogP contribution in [0.4, 0.5) is 0 Å². The van der Waals surface area contributed by atoms with Gasteiger partial charge in [0.1, 0.15) is 12.2 Å². The van der Waals surface area contributed by atoms with Crippen molar-refractivity contribution < 1.29 is 19.1 Å². The molecule has 0 spiro atoms. The first-order valence-corrected chi connectivity index (χ1v) is 12.1. The number of carbonyl (C=O) groups is 2. The van der Waals surface area contributed by atoms with Crippen molar-refractivity contribution in [3.63, 3.8) is 0 Å². The lowest BCUT2D eigenvalue weighted by atomic mass is 9.98. The third kappa shape index (κ3) is 9.49. The van der Waals surface area contributed by atoms with Crippen LogP contribution >= 0.6 is 27.3 Å².